The predicted molar refractivity (Wildman–Crippen MR) is 131 cm³/mol. The molecule has 170 valence electrons. The monoisotopic (exact) mass is 471 g/mol. The lowest BCUT2D eigenvalue weighted by Gasteiger charge is -2.43. The number of thiocarbonyl (C=S) groups is 1. The minimum Gasteiger partial charge on any atom is -0.462 e. The average molecular weight is 472 g/mol. The molecule has 1 N–H and O–H groups in total. The second-order valence-electron chi connectivity index (χ2n) is 9.02. The minimum atomic E-state index is -0.249. The molecular formula is C24H29N3O3S2. The number of rotatable bonds is 3. The highest BCUT2D eigenvalue weighted by Crippen LogP contribution is 2.39. The Hall–Kier alpha value is -2.19. The van der Waals surface area contributed by atoms with Crippen LogP contribution in [0.5, 0.6) is 0 Å². The number of hydrogen-bond donors (Lipinski definition) is 1. The van der Waals surface area contributed by atoms with E-state index >= 15 is 0 Å². The van der Waals surface area contributed by atoms with Crippen LogP contribution in [0.2, 0.25) is 0 Å². The lowest BCUT2D eigenvalue weighted by Crippen LogP contribution is -2.50. The first kappa shape index (κ1) is 21.6. The molecule has 6 nitrogen and oxygen atoms in total. The fraction of sp³-hybridized carbons (Fsp3) is 0.542. The van der Waals surface area contributed by atoms with Crippen LogP contribution < -0.4 is 10.9 Å². The first-order valence-electron chi connectivity index (χ1n) is 11.6. The van der Waals surface area contributed by atoms with Crippen LogP contribution in [-0.2, 0) is 24.1 Å². The van der Waals surface area contributed by atoms with E-state index < -0.39 is 0 Å². The van der Waals surface area contributed by atoms with Crippen molar-refractivity contribution in [3.63, 3.8) is 0 Å². The van der Waals surface area contributed by atoms with Crippen molar-refractivity contribution in [2.24, 2.45) is 5.92 Å². The van der Waals surface area contributed by atoms with Crippen molar-refractivity contribution in [3.8, 4) is 0 Å². The van der Waals surface area contributed by atoms with Gasteiger partial charge in [-0.2, -0.15) is 0 Å². The zero-order valence-corrected chi connectivity index (χ0v) is 20.0. The number of hydrogen-bond acceptors (Lipinski definition) is 5. The summed E-state index contributed by atoms with van der Waals surface area (Å²) in [5, 5.41) is 4.92. The third-order valence-corrected chi connectivity index (χ3v) is 8.46. The summed E-state index contributed by atoms with van der Waals surface area (Å²) < 4.78 is 7.34. The lowest BCUT2D eigenvalue weighted by atomic mass is 9.83. The molecule has 2 atom stereocenters. The van der Waals surface area contributed by atoms with E-state index in [1.54, 1.807) is 17.4 Å². The van der Waals surface area contributed by atoms with Crippen LogP contribution in [-0.4, -0.2) is 40.2 Å². The van der Waals surface area contributed by atoms with E-state index in [1.807, 2.05) is 17.6 Å². The van der Waals surface area contributed by atoms with Crippen molar-refractivity contribution in [3.05, 3.63) is 50.3 Å². The number of pyridine rings is 1. The number of carbonyl (C=O) groups excluding carboxylic acids is 1. The average Bonchev–Trinajstić information content (AvgIpc) is 2.94. The summed E-state index contributed by atoms with van der Waals surface area (Å²) in [7, 11) is 0. The maximum atomic E-state index is 12.9. The quantitative estimate of drug-likeness (QED) is 0.412. The highest BCUT2D eigenvalue weighted by atomic mass is 32.1. The number of aromatic nitrogens is 1. The van der Waals surface area contributed by atoms with Crippen molar-refractivity contribution in [2.75, 3.05) is 25.0 Å². The number of likely N-dealkylation sites (tertiary alicyclic amines) is 1. The molecule has 2 bridgehead atoms. The third kappa shape index (κ3) is 3.99. The Labute approximate surface area is 197 Å². The van der Waals surface area contributed by atoms with Gasteiger partial charge in [-0.05, 0) is 68.8 Å². The molecule has 32 heavy (non-hydrogen) atoms. The Morgan fingerprint density at radius 2 is 2.06 bits per heavy atom. The number of thiophene rings is 1. The van der Waals surface area contributed by atoms with Gasteiger partial charge in [-0.1, -0.05) is 12.5 Å². The molecule has 0 spiro atoms. The number of aryl methyl sites for hydroxylation is 1. The Bertz CT molecular complexity index is 1110. The fourth-order valence-corrected chi connectivity index (χ4v) is 7.08. The van der Waals surface area contributed by atoms with E-state index in [0.717, 1.165) is 68.0 Å². The molecule has 3 aliphatic rings. The topological polar surface area (TPSA) is 63.6 Å². The molecule has 2 aromatic rings. The summed E-state index contributed by atoms with van der Waals surface area (Å²) in [6, 6.07) is 5.57. The van der Waals surface area contributed by atoms with E-state index in [4.69, 9.17) is 17.0 Å². The second-order valence-corrected chi connectivity index (χ2v) is 10.5. The van der Waals surface area contributed by atoms with Crippen molar-refractivity contribution in [2.45, 2.75) is 57.9 Å². The second kappa shape index (κ2) is 8.98. The van der Waals surface area contributed by atoms with Crippen LogP contribution in [0.3, 0.4) is 0 Å². The molecule has 5 rings (SSSR count). The van der Waals surface area contributed by atoms with Gasteiger partial charge >= 0.3 is 5.97 Å². The maximum absolute atomic E-state index is 12.9. The molecule has 0 saturated carbocycles. The molecular weight excluding hydrogens is 442 g/mol. The smallest absolute Gasteiger partial charge is 0.341 e. The molecule has 1 fully saturated rings. The first-order chi connectivity index (χ1) is 15.5. The van der Waals surface area contributed by atoms with Crippen LogP contribution in [0.1, 0.15) is 65.0 Å². The number of anilines is 1. The SMILES string of the molecule is CCOC(=O)c1c(NC(=S)N2CC3CC(C2)c2cccc(=O)n2C3)sc2c1CCCCC2. The zero-order chi connectivity index (χ0) is 22.2. The normalized spacial score (nSPS) is 21.8. The largest absolute Gasteiger partial charge is 0.462 e. The van der Waals surface area contributed by atoms with Gasteiger partial charge in [0.05, 0.1) is 12.2 Å². The predicted octanol–water partition coefficient (Wildman–Crippen LogP) is 4.17. The molecule has 0 amide bonds. The highest BCUT2D eigenvalue weighted by Gasteiger charge is 2.36. The van der Waals surface area contributed by atoms with E-state index in [2.05, 4.69) is 16.3 Å². The van der Waals surface area contributed by atoms with E-state index in [1.165, 1.54) is 11.3 Å². The van der Waals surface area contributed by atoms with Gasteiger partial charge in [-0.15, -0.1) is 11.3 Å². The Morgan fingerprint density at radius 1 is 1.22 bits per heavy atom. The van der Waals surface area contributed by atoms with Gasteiger partial charge in [-0.3, -0.25) is 4.79 Å². The van der Waals surface area contributed by atoms with Gasteiger partial charge in [0, 0.05) is 42.2 Å². The molecule has 0 aromatic carbocycles. The fourth-order valence-electron chi connectivity index (χ4n) is 5.49. The van der Waals surface area contributed by atoms with Gasteiger partial charge in [0.1, 0.15) is 5.00 Å². The zero-order valence-electron chi connectivity index (χ0n) is 18.4. The van der Waals surface area contributed by atoms with Gasteiger partial charge in [-0.25, -0.2) is 4.79 Å². The molecule has 0 radical (unpaired) electrons. The summed E-state index contributed by atoms with van der Waals surface area (Å²) in [5.74, 6) is 0.437. The minimum absolute atomic E-state index is 0.0884. The van der Waals surface area contributed by atoms with Crippen molar-refractivity contribution in [1.82, 2.24) is 9.47 Å². The number of fused-ring (bicyclic) bond motifs is 5. The van der Waals surface area contributed by atoms with Gasteiger partial charge in [0.2, 0.25) is 0 Å². The molecule has 1 saturated heterocycles. The molecule has 2 unspecified atom stereocenters. The number of esters is 1. The third-order valence-electron chi connectivity index (χ3n) is 6.89. The summed E-state index contributed by atoms with van der Waals surface area (Å²) in [5.41, 5.74) is 3.03. The molecule has 2 aromatic heterocycles. The maximum Gasteiger partial charge on any atom is 0.341 e. The van der Waals surface area contributed by atoms with Crippen LogP contribution >= 0.6 is 23.6 Å². The Morgan fingerprint density at radius 3 is 2.91 bits per heavy atom. The number of ether oxygens (including phenoxy) is 1. The summed E-state index contributed by atoms with van der Waals surface area (Å²) in [6.07, 6.45) is 6.49. The van der Waals surface area contributed by atoms with E-state index in [9.17, 15) is 9.59 Å². The Balaban J connectivity index is 1.39. The van der Waals surface area contributed by atoms with Crippen LogP contribution in [0.25, 0.3) is 0 Å². The standard InChI is InChI=1S/C24H29N3O3S2/c1-2-30-23(29)21-17-7-4-3-5-9-19(17)32-22(21)25-24(31)26-12-15-11-16(14-26)18-8-6-10-20(28)27(18)13-15/h6,8,10,15-16H,2-5,7,9,11-14H2,1H3,(H,25,31). The van der Waals surface area contributed by atoms with E-state index in [0.29, 0.717) is 29.1 Å². The van der Waals surface area contributed by atoms with Crippen molar-refractivity contribution >= 4 is 39.6 Å². The molecule has 2 aliphatic heterocycles. The summed E-state index contributed by atoms with van der Waals surface area (Å²) in [6.45, 7) is 4.55. The summed E-state index contributed by atoms with van der Waals surface area (Å²) in [4.78, 5) is 28.7. The van der Waals surface area contributed by atoms with Gasteiger partial charge in [0.15, 0.2) is 5.11 Å². The van der Waals surface area contributed by atoms with Crippen molar-refractivity contribution in [1.29, 1.82) is 0 Å². The van der Waals surface area contributed by atoms with Crippen LogP contribution in [0.4, 0.5) is 5.00 Å². The molecule has 1 aliphatic carbocycles. The van der Waals surface area contributed by atoms with Gasteiger partial charge in [0.25, 0.3) is 5.56 Å². The molecule has 4 heterocycles. The van der Waals surface area contributed by atoms with E-state index in [-0.39, 0.29) is 11.5 Å². The number of nitrogens with zero attached hydrogens (tertiary/aromatic N) is 2. The Kier molecular flexibility index (Phi) is 6.07. The highest BCUT2D eigenvalue weighted by molar-refractivity contribution is 7.80. The van der Waals surface area contributed by atoms with Crippen molar-refractivity contribution < 1.29 is 9.53 Å². The van der Waals surface area contributed by atoms with Crippen LogP contribution in [0.15, 0.2) is 23.0 Å². The number of piperidine rings is 1. The summed E-state index contributed by atoms with van der Waals surface area (Å²) >= 11 is 7.50. The number of carbonyl (C=O) groups is 1. The molecule has 8 heteroatoms. The first-order valence-corrected chi connectivity index (χ1v) is 12.8. The lowest BCUT2D eigenvalue weighted by molar-refractivity contribution is 0.0527. The van der Waals surface area contributed by atoms with Crippen LogP contribution in [0, 0.1) is 5.92 Å². The number of nitrogens with one attached hydrogen (secondary N) is 1. The van der Waals surface area contributed by atoms with Gasteiger partial charge < -0.3 is 19.5 Å².